The molecule has 26 heavy (non-hydrogen) atoms. The number of rotatable bonds is 7. The summed E-state index contributed by atoms with van der Waals surface area (Å²) in [6, 6.07) is 8.37. The molecule has 1 N–H and O–H groups in total. The maximum atomic E-state index is 12.3. The van der Waals surface area contributed by atoms with E-state index in [2.05, 4.69) is 39.4 Å². The van der Waals surface area contributed by atoms with Crippen molar-refractivity contribution in [3.63, 3.8) is 0 Å². The number of carbonyl (C=O) groups is 2. The number of nitrogens with one attached hydrogen (secondary N) is 1. The van der Waals surface area contributed by atoms with Crippen LogP contribution in [0.2, 0.25) is 0 Å². The molecule has 6 nitrogen and oxygen atoms in total. The number of nitrogens with zero attached hydrogens (tertiary/aromatic N) is 3. The number of likely N-dealkylation sites (tertiary alicyclic amines) is 1. The molecule has 2 aliphatic heterocycles. The second kappa shape index (κ2) is 9.57. The van der Waals surface area contributed by atoms with Gasteiger partial charge >= 0.3 is 0 Å². The minimum atomic E-state index is 0.326. The maximum Gasteiger partial charge on any atom is 0.223 e. The van der Waals surface area contributed by atoms with Gasteiger partial charge in [-0.2, -0.15) is 0 Å². The van der Waals surface area contributed by atoms with E-state index in [9.17, 15) is 9.59 Å². The Morgan fingerprint density at radius 3 is 2.31 bits per heavy atom. The Labute approximate surface area is 156 Å². The lowest BCUT2D eigenvalue weighted by molar-refractivity contribution is -0.132. The minimum absolute atomic E-state index is 0.326. The van der Waals surface area contributed by atoms with Crippen molar-refractivity contribution in [3.05, 3.63) is 29.8 Å². The van der Waals surface area contributed by atoms with Gasteiger partial charge in [0.1, 0.15) is 0 Å². The van der Waals surface area contributed by atoms with E-state index in [1.54, 1.807) is 0 Å². The number of hydrogen-bond acceptors (Lipinski definition) is 4. The zero-order chi connectivity index (χ0) is 18.2. The average Bonchev–Trinajstić information content (AvgIpc) is 2.72. The van der Waals surface area contributed by atoms with E-state index in [1.165, 1.54) is 12.1 Å². The fraction of sp³-hybridized carbons (Fsp3) is 0.600. The van der Waals surface area contributed by atoms with Gasteiger partial charge in [0.2, 0.25) is 12.3 Å². The summed E-state index contributed by atoms with van der Waals surface area (Å²) in [7, 11) is 0. The van der Waals surface area contributed by atoms with Gasteiger partial charge in [-0.05, 0) is 37.0 Å². The highest BCUT2D eigenvalue weighted by Gasteiger charge is 2.20. The highest BCUT2D eigenvalue weighted by atomic mass is 16.2. The van der Waals surface area contributed by atoms with Gasteiger partial charge in [0.15, 0.2) is 0 Å². The lowest BCUT2D eigenvalue weighted by atomic mass is 10.1. The Bertz CT molecular complexity index is 576. The molecule has 2 heterocycles. The van der Waals surface area contributed by atoms with Gasteiger partial charge in [0, 0.05) is 64.5 Å². The molecule has 2 saturated heterocycles. The van der Waals surface area contributed by atoms with Crippen molar-refractivity contribution in [1.82, 2.24) is 15.1 Å². The van der Waals surface area contributed by atoms with Crippen molar-refractivity contribution >= 4 is 18.0 Å². The molecule has 3 rings (SSSR count). The number of piperazine rings is 1. The molecule has 0 radical (unpaired) electrons. The standard InChI is InChI=1S/C20H30N4O2/c25-17-21-16-18-4-6-19(7-5-18)23-14-12-22(13-15-23)11-8-20(26)24-9-2-1-3-10-24/h4-7,17H,1-3,8-16H2,(H,21,25). The molecular weight excluding hydrogens is 328 g/mol. The van der Waals surface area contributed by atoms with Crippen molar-refractivity contribution in [2.24, 2.45) is 0 Å². The monoisotopic (exact) mass is 358 g/mol. The number of anilines is 1. The van der Waals surface area contributed by atoms with Crippen LogP contribution in [0.5, 0.6) is 0 Å². The van der Waals surface area contributed by atoms with Gasteiger partial charge in [-0.1, -0.05) is 12.1 Å². The molecule has 0 aromatic heterocycles. The highest BCUT2D eigenvalue weighted by molar-refractivity contribution is 5.76. The van der Waals surface area contributed by atoms with Crippen molar-refractivity contribution in [2.75, 3.05) is 50.7 Å². The summed E-state index contributed by atoms with van der Waals surface area (Å²) >= 11 is 0. The summed E-state index contributed by atoms with van der Waals surface area (Å²) in [6.45, 7) is 7.33. The van der Waals surface area contributed by atoms with E-state index in [0.717, 1.165) is 70.6 Å². The lowest BCUT2D eigenvalue weighted by Gasteiger charge is -2.36. The highest BCUT2D eigenvalue weighted by Crippen LogP contribution is 2.18. The van der Waals surface area contributed by atoms with E-state index >= 15 is 0 Å². The lowest BCUT2D eigenvalue weighted by Crippen LogP contribution is -2.47. The van der Waals surface area contributed by atoms with Gasteiger partial charge in [-0.25, -0.2) is 0 Å². The fourth-order valence-corrected chi connectivity index (χ4v) is 3.77. The molecular formula is C20H30N4O2. The molecule has 0 atom stereocenters. The third kappa shape index (κ3) is 5.21. The van der Waals surface area contributed by atoms with Crippen LogP contribution in [0.25, 0.3) is 0 Å². The molecule has 142 valence electrons. The zero-order valence-electron chi connectivity index (χ0n) is 15.5. The number of carbonyl (C=O) groups excluding carboxylic acids is 2. The van der Waals surface area contributed by atoms with Gasteiger partial charge in [-0.15, -0.1) is 0 Å². The summed E-state index contributed by atoms with van der Waals surface area (Å²) in [5.41, 5.74) is 2.33. The van der Waals surface area contributed by atoms with Crippen molar-refractivity contribution in [1.29, 1.82) is 0 Å². The van der Waals surface area contributed by atoms with Crippen LogP contribution in [-0.2, 0) is 16.1 Å². The molecule has 6 heteroatoms. The van der Waals surface area contributed by atoms with E-state index < -0.39 is 0 Å². The molecule has 0 aliphatic carbocycles. The summed E-state index contributed by atoms with van der Waals surface area (Å²) in [5, 5.41) is 2.68. The Kier molecular flexibility index (Phi) is 6.89. The largest absolute Gasteiger partial charge is 0.369 e. The second-order valence-corrected chi connectivity index (χ2v) is 7.19. The van der Waals surface area contributed by atoms with E-state index in [0.29, 0.717) is 18.9 Å². The normalized spacial score (nSPS) is 18.6. The first kappa shape index (κ1) is 18.7. The fourth-order valence-electron chi connectivity index (χ4n) is 3.77. The average molecular weight is 358 g/mol. The third-order valence-electron chi connectivity index (χ3n) is 5.41. The summed E-state index contributed by atoms with van der Waals surface area (Å²) in [4.78, 5) is 29.5. The van der Waals surface area contributed by atoms with Gasteiger partial charge in [0.05, 0.1) is 0 Å². The molecule has 0 bridgehead atoms. The van der Waals surface area contributed by atoms with E-state index in [-0.39, 0.29) is 0 Å². The summed E-state index contributed by atoms with van der Waals surface area (Å²) in [6.07, 6.45) is 4.96. The first-order valence-electron chi connectivity index (χ1n) is 9.77. The van der Waals surface area contributed by atoms with Crippen LogP contribution >= 0.6 is 0 Å². The minimum Gasteiger partial charge on any atom is -0.369 e. The third-order valence-corrected chi connectivity index (χ3v) is 5.41. The molecule has 1 aromatic rings. The second-order valence-electron chi connectivity index (χ2n) is 7.19. The molecule has 0 saturated carbocycles. The molecule has 2 aliphatic rings. The molecule has 2 amide bonds. The molecule has 0 spiro atoms. The maximum absolute atomic E-state index is 12.3. The first-order valence-corrected chi connectivity index (χ1v) is 9.77. The smallest absolute Gasteiger partial charge is 0.223 e. The Balaban J connectivity index is 1.39. The first-order chi connectivity index (χ1) is 12.8. The van der Waals surface area contributed by atoms with Crippen LogP contribution in [0.15, 0.2) is 24.3 Å². The van der Waals surface area contributed by atoms with E-state index in [1.807, 2.05) is 4.90 Å². The van der Waals surface area contributed by atoms with Crippen LogP contribution in [0.1, 0.15) is 31.2 Å². The Morgan fingerprint density at radius 2 is 1.65 bits per heavy atom. The van der Waals surface area contributed by atoms with E-state index in [4.69, 9.17) is 0 Å². The number of piperidine rings is 1. The van der Waals surface area contributed by atoms with Gasteiger partial charge < -0.3 is 15.1 Å². The van der Waals surface area contributed by atoms with Crippen molar-refractivity contribution in [2.45, 2.75) is 32.2 Å². The topological polar surface area (TPSA) is 55.9 Å². The SMILES string of the molecule is O=CNCc1ccc(N2CCN(CCC(=O)N3CCCCC3)CC2)cc1. The van der Waals surface area contributed by atoms with Crippen molar-refractivity contribution in [3.8, 4) is 0 Å². The van der Waals surface area contributed by atoms with Crippen LogP contribution in [-0.4, -0.2) is 67.9 Å². The Morgan fingerprint density at radius 1 is 0.962 bits per heavy atom. The van der Waals surface area contributed by atoms with Gasteiger partial charge in [-0.3, -0.25) is 14.5 Å². The van der Waals surface area contributed by atoms with Crippen LogP contribution in [0, 0.1) is 0 Å². The number of amides is 2. The molecule has 1 aromatic carbocycles. The van der Waals surface area contributed by atoms with Crippen LogP contribution in [0.3, 0.4) is 0 Å². The number of hydrogen-bond donors (Lipinski definition) is 1. The summed E-state index contributed by atoms with van der Waals surface area (Å²) in [5.74, 6) is 0.326. The number of benzene rings is 1. The quantitative estimate of drug-likeness (QED) is 0.750. The zero-order valence-corrected chi connectivity index (χ0v) is 15.5. The predicted molar refractivity (Wildman–Crippen MR) is 103 cm³/mol. The summed E-state index contributed by atoms with van der Waals surface area (Å²) < 4.78 is 0. The predicted octanol–water partition coefficient (Wildman–Crippen LogP) is 1.46. The Hall–Kier alpha value is -2.08. The van der Waals surface area contributed by atoms with Crippen LogP contribution in [0.4, 0.5) is 5.69 Å². The molecule has 2 fully saturated rings. The van der Waals surface area contributed by atoms with Gasteiger partial charge in [0.25, 0.3) is 0 Å². The molecule has 0 unspecified atom stereocenters. The van der Waals surface area contributed by atoms with Crippen LogP contribution < -0.4 is 10.2 Å². The van der Waals surface area contributed by atoms with Crippen molar-refractivity contribution < 1.29 is 9.59 Å².